The molecule has 0 bridgehead atoms. The van der Waals surface area contributed by atoms with Gasteiger partial charge in [0.1, 0.15) is 5.60 Å². The van der Waals surface area contributed by atoms with Crippen LogP contribution in [0.3, 0.4) is 0 Å². The van der Waals surface area contributed by atoms with Crippen molar-refractivity contribution >= 4 is 24.0 Å². The number of nitrogens with zero attached hydrogens (tertiary/aromatic N) is 5. The average molecular weight is 833 g/mol. The molecule has 2 aliphatic carbocycles. The number of likely N-dealkylation sites (N-methyl/N-ethyl adjacent to an activating group) is 2. The third-order valence-corrected chi connectivity index (χ3v) is 10.2. The molecule has 6 rings (SSSR count). The molecule has 6 aliphatic rings. The Morgan fingerprint density at radius 3 is 1.09 bits per heavy atom. The zero-order valence-electron chi connectivity index (χ0n) is 32.0. The van der Waals surface area contributed by atoms with Crippen molar-refractivity contribution in [3.05, 3.63) is 0 Å². The number of carbonyl (C=O) groups is 4. The number of carbonyl (C=O) groups excluding carboxylic acids is 1. The Labute approximate surface area is 318 Å². The molecule has 6 fully saturated rings. The monoisotopic (exact) mass is 832 g/mol. The first kappa shape index (κ1) is 49.0. The molecule has 2 saturated carbocycles. The van der Waals surface area contributed by atoms with E-state index in [2.05, 4.69) is 39.0 Å². The van der Waals surface area contributed by atoms with Crippen LogP contribution < -0.4 is 5.32 Å². The standard InChI is InChI=1S/C16H29N3O2.C11H21N3.3C2HF3O2/c1-15(2,3)21-14(20)19-11-16(12-19)9-13(10-16)18-7-5-17(4)6-8-18;1-13-2-4-14(5-3-13)10-6-11(7-10)8-12-9-11;3*3-2(4,5)1(6)7/h13H,5-12H2,1-4H3;10,12H,2-9H2,1H3;3*(H,6,7). The van der Waals surface area contributed by atoms with E-state index in [0.717, 1.165) is 30.6 Å². The van der Waals surface area contributed by atoms with Crippen LogP contribution in [0.15, 0.2) is 0 Å². The predicted molar refractivity (Wildman–Crippen MR) is 181 cm³/mol. The second-order valence-electron chi connectivity index (χ2n) is 16.2. The molecule has 0 aromatic carbocycles. The molecule has 0 atom stereocenters. The smallest absolute Gasteiger partial charge is 0.475 e. The number of hydrogen-bond acceptors (Lipinski definition) is 10. The van der Waals surface area contributed by atoms with E-state index < -0.39 is 36.4 Å². The Balaban J connectivity index is 0.000000267. The van der Waals surface area contributed by atoms with Gasteiger partial charge in [0.15, 0.2) is 0 Å². The lowest BCUT2D eigenvalue weighted by Gasteiger charge is -2.61. The largest absolute Gasteiger partial charge is 0.490 e. The third-order valence-electron chi connectivity index (χ3n) is 10.2. The number of alkyl halides is 9. The van der Waals surface area contributed by atoms with Gasteiger partial charge >= 0.3 is 42.5 Å². The van der Waals surface area contributed by atoms with Gasteiger partial charge in [-0.2, -0.15) is 39.5 Å². The first-order valence-corrected chi connectivity index (χ1v) is 17.8. The van der Waals surface area contributed by atoms with Crippen molar-refractivity contribution in [3.63, 3.8) is 0 Å². The molecule has 4 saturated heterocycles. The maximum Gasteiger partial charge on any atom is 0.490 e. The highest BCUT2D eigenvalue weighted by atomic mass is 19.4. The number of carboxylic acids is 3. The number of amides is 1. The minimum atomic E-state index is -5.08. The van der Waals surface area contributed by atoms with Gasteiger partial charge in [-0.05, 0) is 66.0 Å². The van der Waals surface area contributed by atoms with Crippen LogP contribution in [0.5, 0.6) is 0 Å². The van der Waals surface area contributed by atoms with E-state index in [1.165, 1.54) is 91.1 Å². The summed E-state index contributed by atoms with van der Waals surface area (Å²) in [5.74, 6) is -8.27. The minimum absolute atomic E-state index is 0.142. The molecule has 2 spiro atoms. The van der Waals surface area contributed by atoms with Crippen molar-refractivity contribution < 1.29 is 78.7 Å². The summed E-state index contributed by atoms with van der Waals surface area (Å²) in [7, 11) is 4.43. The number of nitrogens with one attached hydrogen (secondary N) is 1. The van der Waals surface area contributed by atoms with Crippen molar-refractivity contribution in [3.8, 4) is 0 Å². The molecule has 4 aliphatic heterocycles. The topological polar surface area (TPSA) is 166 Å². The molecule has 326 valence electrons. The number of halogens is 9. The van der Waals surface area contributed by atoms with Crippen molar-refractivity contribution in [2.24, 2.45) is 10.8 Å². The molecule has 14 nitrogen and oxygen atoms in total. The van der Waals surface area contributed by atoms with E-state index in [4.69, 9.17) is 34.4 Å². The number of hydrogen-bond donors (Lipinski definition) is 4. The van der Waals surface area contributed by atoms with Gasteiger partial charge in [0.25, 0.3) is 0 Å². The van der Waals surface area contributed by atoms with Gasteiger partial charge in [-0.3, -0.25) is 9.80 Å². The van der Waals surface area contributed by atoms with Crippen LogP contribution in [0, 0.1) is 10.8 Å². The SMILES string of the molecule is CN1CCN(C2CC3(C2)CN(C(=O)OC(C)(C)C)C3)CC1.CN1CCN(C2CC3(CNC3)C2)CC1.O=C(O)C(F)(F)F.O=C(O)C(F)(F)F.O=C(O)C(F)(F)F. The highest BCUT2D eigenvalue weighted by Gasteiger charge is 2.56. The lowest BCUT2D eigenvalue weighted by atomic mass is 9.60. The fourth-order valence-corrected chi connectivity index (χ4v) is 7.01. The predicted octanol–water partition coefficient (Wildman–Crippen LogP) is 3.52. The van der Waals surface area contributed by atoms with Gasteiger partial charge in [0, 0.05) is 96.0 Å². The summed E-state index contributed by atoms with van der Waals surface area (Å²) >= 11 is 0. The van der Waals surface area contributed by atoms with E-state index in [0.29, 0.717) is 5.41 Å². The fraction of sp³-hybridized carbons (Fsp3) is 0.879. The summed E-state index contributed by atoms with van der Waals surface area (Å²) < 4.78 is 101. The van der Waals surface area contributed by atoms with Crippen LogP contribution in [0.2, 0.25) is 0 Å². The average Bonchev–Trinajstić information content (AvgIpc) is 2.95. The third kappa shape index (κ3) is 15.7. The van der Waals surface area contributed by atoms with Gasteiger partial charge in [0.2, 0.25) is 0 Å². The molecule has 4 N–H and O–H groups in total. The van der Waals surface area contributed by atoms with Crippen molar-refractivity contribution in [2.75, 3.05) is 92.6 Å². The molecule has 0 unspecified atom stereocenters. The summed E-state index contributed by atoms with van der Waals surface area (Å²) in [5.41, 5.74) is 0.765. The summed E-state index contributed by atoms with van der Waals surface area (Å²) in [6.07, 6.45) is -9.95. The van der Waals surface area contributed by atoms with Gasteiger partial charge in [-0.15, -0.1) is 0 Å². The number of aliphatic carboxylic acids is 3. The van der Waals surface area contributed by atoms with Crippen LogP contribution in [0.25, 0.3) is 0 Å². The lowest BCUT2D eigenvalue weighted by Crippen LogP contribution is -2.68. The number of piperazine rings is 2. The van der Waals surface area contributed by atoms with Crippen molar-refractivity contribution in [2.45, 2.75) is 82.7 Å². The number of ether oxygens (including phenoxy) is 1. The van der Waals surface area contributed by atoms with Crippen molar-refractivity contribution in [1.82, 2.24) is 29.8 Å². The minimum Gasteiger partial charge on any atom is -0.475 e. The molecular weight excluding hydrogens is 779 g/mol. The summed E-state index contributed by atoms with van der Waals surface area (Å²) in [4.78, 5) is 50.7. The van der Waals surface area contributed by atoms with Crippen molar-refractivity contribution in [1.29, 1.82) is 0 Å². The van der Waals surface area contributed by atoms with E-state index in [1.807, 2.05) is 25.7 Å². The maximum absolute atomic E-state index is 12.0. The first-order chi connectivity index (χ1) is 25.4. The zero-order chi connectivity index (χ0) is 43.1. The van der Waals surface area contributed by atoms with E-state index in [1.54, 1.807) is 0 Å². The van der Waals surface area contributed by atoms with Crippen LogP contribution >= 0.6 is 0 Å². The molecule has 0 radical (unpaired) electrons. The quantitative estimate of drug-likeness (QED) is 0.299. The molecule has 56 heavy (non-hydrogen) atoms. The molecule has 23 heteroatoms. The molecule has 0 aromatic heterocycles. The van der Waals surface area contributed by atoms with Gasteiger partial charge < -0.3 is 40.1 Å². The summed E-state index contributed by atoms with van der Waals surface area (Å²) in [5, 5.41) is 24.8. The second kappa shape index (κ2) is 19.1. The second-order valence-corrected chi connectivity index (χ2v) is 16.2. The van der Waals surface area contributed by atoms with Crippen LogP contribution in [0.1, 0.15) is 46.5 Å². The Kier molecular flexibility index (Phi) is 16.7. The highest BCUT2D eigenvalue weighted by Crippen LogP contribution is 2.50. The Hall–Kier alpha value is -3.15. The molecule has 4 heterocycles. The Morgan fingerprint density at radius 2 is 0.857 bits per heavy atom. The molecular formula is C33H53F9N6O8. The van der Waals surface area contributed by atoms with Gasteiger partial charge in [-0.1, -0.05) is 0 Å². The van der Waals surface area contributed by atoms with Crippen LogP contribution in [-0.4, -0.2) is 193 Å². The number of carboxylic acid groups (broad SMARTS) is 3. The lowest BCUT2D eigenvalue weighted by molar-refractivity contribution is -0.193. The van der Waals surface area contributed by atoms with E-state index in [9.17, 15) is 44.3 Å². The van der Waals surface area contributed by atoms with E-state index in [-0.39, 0.29) is 11.7 Å². The van der Waals surface area contributed by atoms with Crippen LogP contribution in [0.4, 0.5) is 44.3 Å². The van der Waals surface area contributed by atoms with Crippen LogP contribution in [-0.2, 0) is 19.1 Å². The highest BCUT2D eigenvalue weighted by molar-refractivity contribution is 5.73. The molecule has 1 amide bonds. The van der Waals surface area contributed by atoms with Gasteiger partial charge in [0.05, 0.1) is 0 Å². The summed E-state index contributed by atoms with van der Waals surface area (Å²) in [6.45, 7) is 20.0. The summed E-state index contributed by atoms with van der Waals surface area (Å²) in [6, 6.07) is 1.67. The Bertz CT molecular complexity index is 1250. The zero-order valence-corrected chi connectivity index (χ0v) is 32.0. The van der Waals surface area contributed by atoms with Gasteiger partial charge in [-0.25, -0.2) is 19.2 Å². The first-order valence-electron chi connectivity index (χ1n) is 17.8. The molecule has 0 aromatic rings. The maximum atomic E-state index is 12.0. The normalized spacial score (nSPS) is 24.0. The van der Waals surface area contributed by atoms with E-state index >= 15 is 0 Å². The number of likely N-dealkylation sites (tertiary alicyclic amines) is 1. The Morgan fingerprint density at radius 1 is 0.571 bits per heavy atom. The number of rotatable bonds is 2. The fourth-order valence-electron chi connectivity index (χ4n) is 7.01.